The summed E-state index contributed by atoms with van der Waals surface area (Å²) in [6, 6.07) is 11.1. The Morgan fingerprint density at radius 3 is 2.54 bits per heavy atom. The summed E-state index contributed by atoms with van der Waals surface area (Å²) in [6.45, 7) is 3.78. The zero-order chi connectivity index (χ0) is 17.1. The molecule has 0 saturated carbocycles. The third-order valence-corrected chi connectivity index (χ3v) is 4.20. The maximum atomic E-state index is 12.1. The molecule has 122 valence electrons. The summed E-state index contributed by atoms with van der Waals surface area (Å²) in [5, 5.41) is 9.60. The number of carbonyl (C=O) groups is 1. The summed E-state index contributed by atoms with van der Waals surface area (Å²) in [5.41, 5.74) is 3.18. The first-order valence-electron chi connectivity index (χ1n) is 7.25. The van der Waals surface area contributed by atoms with Gasteiger partial charge >= 0.3 is 0 Å². The van der Waals surface area contributed by atoms with Crippen LogP contribution in [-0.4, -0.2) is 16.0 Å². The first-order chi connectivity index (χ1) is 11.5. The van der Waals surface area contributed by atoms with E-state index in [0.717, 1.165) is 21.4 Å². The first kappa shape index (κ1) is 16.2. The van der Waals surface area contributed by atoms with Crippen molar-refractivity contribution in [2.24, 2.45) is 0 Å². The van der Waals surface area contributed by atoms with E-state index in [2.05, 4.69) is 36.7 Å². The smallest absolute Gasteiger partial charge is 0.275 e. The van der Waals surface area contributed by atoms with Crippen molar-refractivity contribution < 1.29 is 9.32 Å². The summed E-state index contributed by atoms with van der Waals surface area (Å²) in [7, 11) is 0. The van der Waals surface area contributed by atoms with Crippen molar-refractivity contribution in [3.05, 3.63) is 64.1 Å². The summed E-state index contributed by atoms with van der Waals surface area (Å²) >= 11 is 3.47. The van der Waals surface area contributed by atoms with E-state index in [1.165, 1.54) is 0 Å². The van der Waals surface area contributed by atoms with Gasteiger partial charge in [0.2, 0.25) is 0 Å². The normalized spacial score (nSPS) is 10.5. The van der Waals surface area contributed by atoms with Crippen LogP contribution in [0, 0.1) is 13.8 Å². The van der Waals surface area contributed by atoms with E-state index < -0.39 is 0 Å². The molecule has 0 spiro atoms. The van der Waals surface area contributed by atoms with E-state index in [9.17, 15) is 4.79 Å². The molecule has 0 unspecified atom stereocenters. The zero-order valence-electron chi connectivity index (χ0n) is 13.1. The van der Waals surface area contributed by atoms with Crippen molar-refractivity contribution in [3.8, 4) is 0 Å². The maximum absolute atomic E-state index is 12.1. The molecule has 1 aromatic carbocycles. The van der Waals surface area contributed by atoms with Crippen LogP contribution in [0.15, 0.2) is 51.6 Å². The minimum atomic E-state index is -0.339. The van der Waals surface area contributed by atoms with Gasteiger partial charge < -0.3 is 15.2 Å². The van der Waals surface area contributed by atoms with Crippen LogP contribution < -0.4 is 10.6 Å². The molecule has 6 nitrogen and oxygen atoms in total. The predicted molar refractivity (Wildman–Crippen MR) is 95.6 cm³/mol. The third-order valence-electron chi connectivity index (χ3n) is 3.31. The highest BCUT2D eigenvalue weighted by molar-refractivity contribution is 9.10. The van der Waals surface area contributed by atoms with Crippen molar-refractivity contribution in [1.29, 1.82) is 0 Å². The predicted octanol–water partition coefficient (Wildman–Crippen LogP) is 4.44. The van der Waals surface area contributed by atoms with Gasteiger partial charge in [-0.1, -0.05) is 21.1 Å². The van der Waals surface area contributed by atoms with Gasteiger partial charge in [-0.05, 0) is 49.7 Å². The van der Waals surface area contributed by atoms with E-state index in [4.69, 9.17) is 4.52 Å². The average molecular weight is 387 g/mol. The molecule has 0 bridgehead atoms. The number of anilines is 3. The zero-order valence-corrected chi connectivity index (χ0v) is 14.7. The standard InChI is InChI=1S/C17H15BrN4O2/c1-10-7-12(3-5-14(10)18)20-13-4-6-15(19-9-13)17(23)21-16-8-11(2)24-22-16/h3-9,20H,1-2H3,(H,21,22,23). The van der Waals surface area contributed by atoms with Crippen LogP contribution in [-0.2, 0) is 0 Å². The van der Waals surface area contributed by atoms with Crippen molar-refractivity contribution in [2.75, 3.05) is 10.6 Å². The number of halogens is 1. The SMILES string of the molecule is Cc1cc(NC(=O)c2ccc(Nc3ccc(Br)c(C)c3)cn2)no1. The van der Waals surface area contributed by atoms with Crippen LogP contribution in [0.3, 0.4) is 0 Å². The summed E-state index contributed by atoms with van der Waals surface area (Å²) < 4.78 is 5.96. The minimum Gasteiger partial charge on any atom is -0.360 e. The summed E-state index contributed by atoms with van der Waals surface area (Å²) in [4.78, 5) is 16.3. The molecule has 3 rings (SSSR count). The minimum absolute atomic E-state index is 0.299. The Hall–Kier alpha value is -2.67. The Kier molecular flexibility index (Phi) is 4.61. The van der Waals surface area contributed by atoms with Crippen LogP contribution >= 0.6 is 15.9 Å². The molecule has 2 N–H and O–H groups in total. The molecule has 0 radical (unpaired) electrons. The number of nitrogens with one attached hydrogen (secondary N) is 2. The molecule has 7 heteroatoms. The second kappa shape index (κ2) is 6.84. The third kappa shape index (κ3) is 3.80. The lowest BCUT2D eigenvalue weighted by molar-refractivity contribution is 0.102. The lowest BCUT2D eigenvalue weighted by atomic mass is 10.2. The van der Waals surface area contributed by atoms with E-state index in [1.807, 2.05) is 25.1 Å². The fourth-order valence-electron chi connectivity index (χ4n) is 2.10. The Bertz CT molecular complexity index is 875. The summed E-state index contributed by atoms with van der Waals surface area (Å²) in [6.07, 6.45) is 1.61. The average Bonchev–Trinajstić information content (AvgIpc) is 2.96. The Labute approximate surface area is 147 Å². The van der Waals surface area contributed by atoms with Crippen LogP contribution in [0.4, 0.5) is 17.2 Å². The van der Waals surface area contributed by atoms with Crippen molar-refractivity contribution in [2.45, 2.75) is 13.8 Å². The number of benzene rings is 1. The van der Waals surface area contributed by atoms with E-state index >= 15 is 0 Å². The molecule has 3 aromatic rings. The highest BCUT2D eigenvalue weighted by Crippen LogP contribution is 2.22. The molecular weight excluding hydrogens is 372 g/mol. The molecule has 0 atom stereocenters. The van der Waals surface area contributed by atoms with E-state index in [-0.39, 0.29) is 5.91 Å². The molecule has 0 fully saturated rings. The van der Waals surface area contributed by atoms with Gasteiger partial charge in [0.05, 0.1) is 11.9 Å². The van der Waals surface area contributed by atoms with Crippen molar-refractivity contribution in [3.63, 3.8) is 0 Å². The Balaban J connectivity index is 1.68. The van der Waals surface area contributed by atoms with Gasteiger partial charge in [-0.2, -0.15) is 0 Å². The molecule has 24 heavy (non-hydrogen) atoms. The topological polar surface area (TPSA) is 80.0 Å². The maximum Gasteiger partial charge on any atom is 0.275 e. The van der Waals surface area contributed by atoms with Gasteiger partial charge in [0.25, 0.3) is 5.91 Å². The van der Waals surface area contributed by atoms with E-state index in [0.29, 0.717) is 17.3 Å². The Morgan fingerprint density at radius 2 is 1.92 bits per heavy atom. The summed E-state index contributed by atoms with van der Waals surface area (Å²) in [5.74, 6) is 0.656. The number of pyridine rings is 1. The number of hydrogen-bond acceptors (Lipinski definition) is 5. The van der Waals surface area contributed by atoms with Crippen molar-refractivity contribution >= 4 is 39.0 Å². The number of hydrogen-bond donors (Lipinski definition) is 2. The lowest BCUT2D eigenvalue weighted by Crippen LogP contribution is -2.13. The number of amides is 1. The number of aromatic nitrogens is 2. The molecule has 0 saturated heterocycles. The largest absolute Gasteiger partial charge is 0.360 e. The molecule has 0 aliphatic rings. The number of rotatable bonds is 4. The monoisotopic (exact) mass is 386 g/mol. The molecule has 0 aliphatic carbocycles. The fraction of sp³-hybridized carbons (Fsp3) is 0.118. The van der Waals surface area contributed by atoms with Crippen molar-refractivity contribution in [1.82, 2.24) is 10.1 Å². The van der Waals surface area contributed by atoms with Gasteiger partial charge in [-0.15, -0.1) is 0 Å². The highest BCUT2D eigenvalue weighted by Gasteiger charge is 2.10. The lowest BCUT2D eigenvalue weighted by Gasteiger charge is -2.08. The molecule has 1 amide bonds. The van der Waals surface area contributed by atoms with Gasteiger partial charge in [0.15, 0.2) is 5.82 Å². The van der Waals surface area contributed by atoms with Gasteiger partial charge in [0.1, 0.15) is 11.5 Å². The molecule has 0 aliphatic heterocycles. The highest BCUT2D eigenvalue weighted by atomic mass is 79.9. The number of carbonyl (C=O) groups excluding carboxylic acids is 1. The van der Waals surface area contributed by atoms with Crippen LogP contribution in [0.1, 0.15) is 21.8 Å². The quantitative estimate of drug-likeness (QED) is 0.692. The molecular formula is C17H15BrN4O2. The van der Waals surface area contributed by atoms with Gasteiger partial charge in [-0.25, -0.2) is 4.98 Å². The van der Waals surface area contributed by atoms with Gasteiger partial charge in [0, 0.05) is 16.2 Å². The second-order valence-electron chi connectivity index (χ2n) is 5.30. The van der Waals surface area contributed by atoms with Crippen LogP contribution in [0.25, 0.3) is 0 Å². The molecule has 2 aromatic heterocycles. The number of nitrogens with zero attached hydrogens (tertiary/aromatic N) is 2. The molecule has 2 heterocycles. The fourth-order valence-corrected chi connectivity index (χ4v) is 2.34. The van der Waals surface area contributed by atoms with Gasteiger partial charge in [-0.3, -0.25) is 4.79 Å². The van der Waals surface area contributed by atoms with E-state index in [1.54, 1.807) is 31.3 Å². The first-order valence-corrected chi connectivity index (χ1v) is 8.04. The Morgan fingerprint density at radius 1 is 1.12 bits per heavy atom. The number of aryl methyl sites for hydroxylation is 2. The van der Waals surface area contributed by atoms with Crippen LogP contribution in [0.5, 0.6) is 0 Å². The van der Waals surface area contributed by atoms with Crippen LogP contribution in [0.2, 0.25) is 0 Å². The second-order valence-corrected chi connectivity index (χ2v) is 6.15.